The Balaban J connectivity index is 2.03. The molecule has 0 bridgehead atoms. The molecule has 35 heavy (non-hydrogen) atoms. The Hall–Kier alpha value is -3.28. The molecule has 9 nitrogen and oxygen atoms in total. The van der Waals surface area contributed by atoms with Crippen molar-refractivity contribution >= 4 is 17.5 Å². The molecule has 0 spiro atoms. The highest BCUT2D eigenvalue weighted by atomic mass is 19.4. The highest BCUT2D eigenvalue weighted by Gasteiger charge is 2.38. The Morgan fingerprint density at radius 3 is 2.54 bits per heavy atom. The van der Waals surface area contributed by atoms with Crippen molar-refractivity contribution in [2.24, 2.45) is 7.05 Å². The van der Waals surface area contributed by atoms with E-state index in [1.165, 1.54) is 25.1 Å². The van der Waals surface area contributed by atoms with Gasteiger partial charge in [-0.2, -0.15) is 13.2 Å². The van der Waals surface area contributed by atoms with Crippen LogP contribution in [0.2, 0.25) is 0 Å². The number of aryl methyl sites for hydroxylation is 1. The normalized spacial score (nSPS) is 18.0. The first-order valence-electron chi connectivity index (χ1n) is 11.1. The van der Waals surface area contributed by atoms with Crippen LogP contribution in [0.1, 0.15) is 18.2 Å². The Bertz CT molecular complexity index is 1150. The van der Waals surface area contributed by atoms with Crippen LogP contribution in [-0.4, -0.2) is 73.6 Å². The highest BCUT2D eigenvalue weighted by molar-refractivity contribution is 5.69. The fraction of sp³-hybridized carbons (Fsp3) is 0.522. The van der Waals surface area contributed by atoms with Crippen molar-refractivity contribution in [3.63, 3.8) is 0 Å². The summed E-state index contributed by atoms with van der Waals surface area (Å²) in [5.74, 6) is -0.0975. The largest absolute Gasteiger partial charge is 0.453 e. The molecule has 1 aromatic carbocycles. The fourth-order valence-corrected chi connectivity index (χ4v) is 4.11. The molecule has 1 saturated heterocycles. The molecular formula is C23H30F3N5O4. The number of ether oxygens (including phenoxy) is 2. The van der Waals surface area contributed by atoms with Gasteiger partial charge < -0.3 is 24.6 Å². The number of amides is 1. The maximum atomic E-state index is 13.9. The molecule has 1 aliphatic heterocycles. The van der Waals surface area contributed by atoms with Crippen molar-refractivity contribution < 1.29 is 27.4 Å². The van der Waals surface area contributed by atoms with Gasteiger partial charge in [-0.25, -0.2) is 9.78 Å². The number of alkyl halides is 3. The summed E-state index contributed by atoms with van der Waals surface area (Å²) in [6.45, 7) is 4.27. The van der Waals surface area contributed by atoms with E-state index in [-0.39, 0.29) is 35.9 Å². The van der Waals surface area contributed by atoms with E-state index in [9.17, 15) is 22.8 Å². The van der Waals surface area contributed by atoms with Crippen LogP contribution >= 0.6 is 0 Å². The standard InChI is InChI=1S/C23H30F3N5O4/c1-7-35-18-12-31(22(33)34-6)11-17(18)28-19-13(2)27-20(30(5)21(19)32)15-9-8-14(29(3)4)10-16(15)23(24,25)26/h8-10,17-18,28H,7,11-12H2,1-6H3/t17?,18-/m0/s1. The van der Waals surface area contributed by atoms with Crippen LogP contribution in [0, 0.1) is 6.92 Å². The summed E-state index contributed by atoms with van der Waals surface area (Å²) in [5, 5.41) is 3.11. The number of halogens is 3. The zero-order chi connectivity index (χ0) is 26.1. The van der Waals surface area contributed by atoms with Gasteiger partial charge in [0, 0.05) is 45.5 Å². The van der Waals surface area contributed by atoms with Crippen molar-refractivity contribution in [2.75, 3.05) is 51.1 Å². The molecule has 2 atom stereocenters. The van der Waals surface area contributed by atoms with E-state index in [1.807, 2.05) is 6.92 Å². The Morgan fingerprint density at radius 2 is 1.97 bits per heavy atom. The molecule has 1 aliphatic rings. The number of hydrogen-bond donors (Lipinski definition) is 1. The zero-order valence-corrected chi connectivity index (χ0v) is 20.6. The number of carbonyl (C=O) groups is 1. The summed E-state index contributed by atoms with van der Waals surface area (Å²) in [7, 11) is 5.95. The summed E-state index contributed by atoms with van der Waals surface area (Å²) in [5.41, 5.74) is -0.867. The molecule has 1 amide bonds. The van der Waals surface area contributed by atoms with Gasteiger partial charge in [-0.3, -0.25) is 9.36 Å². The number of methoxy groups -OCH3 is 1. The molecule has 192 valence electrons. The Kier molecular flexibility index (Phi) is 7.63. The molecule has 2 aromatic rings. The molecule has 1 unspecified atom stereocenters. The van der Waals surface area contributed by atoms with E-state index in [4.69, 9.17) is 9.47 Å². The lowest BCUT2D eigenvalue weighted by atomic mass is 10.0. The van der Waals surface area contributed by atoms with Crippen LogP contribution in [0.3, 0.4) is 0 Å². The lowest BCUT2D eigenvalue weighted by molar-refractivity contribution is -0.137. The molecule has 1 N–H and O–H groups in total. The highest BCUT2D eigenvalue weighted by Crippen LogP contribution is 2.38. The van der Waals surface area contributed by atoms with E-state index < -0.39 is 35.5 Å². The molecule has 12 heteroatoms. The average molecular weight is 498 g/mol. The third kappa shape index (κ3) is 5.37. The van der Waals surface area contributed by atoms with Crippen LogP contribution < -0.4 is 15.8 Å². The van der Waals surface area contributed by atoms with Gasteiger partial charge in [0.15, 0.2) is 0 Å². The van der Waals surface area contributed by atoms with Gasteiger partial charge in [-0.05, 0) is 32.0 Å². The third-order valence-electron chi connectivity index (χ3n) is 5.95. The minimum absolute atomic E-state index is 0.0975. The molecule has 0 saturated carbocycles. The van der Waals surface area contributed by atoms with E-state index >= 15 is 0 Å². The van der Waals surface area contributed by atoms with Crippen molar-refractivity contribution in [2.45, 2.75) is 32.2 Å². The quantitative estimate of drug-likeness (QED) is 0.656. The van der Waals surface area contributed by atoms with Crippen molar-refractivity contribution in [1.29, 1.82) is 0 Å². The van der Waals surface area contributed by atoms with Gasteiger partial charge in [0.25, 0.3) is 5.56 Å². The van der Waals surface area contributed by atoms with Gasteiger partial charge in [0.1, 0.15) is 11.5 Å². The third-order valence-corrected chi connectivity index (χ3v) is 5.95. The minimum Gasteiger partial charge on any atom is -0.453 e. The Labute approximate surface area is 201 Å². The fourth-order valence-electron chi connectivity index (χ4n) is 4.11. The molecule has 0 aliphatic carbocycles. The summed E-state index contributed by atoms with van der Waals surface area (Å²) < 4.78 is 53.3. The van der Waals surface area contributed by atoms with Crippen LogP contribution in [0.15, 0.2) is 23.0 Å². The number of carbonyl (C=O) groups excluding carboxylic acids is 1. The van der Waals surface area contributed by atoms with Crippen molar-refractivity contribution in [3.05, 3.63) is 39.8 Å². The number of likely N-dealkylation sites (tertiary alicyclic amines) is 1. The summed E-state index contributed by atoms with van der Waals surface area (Å²) in [6.07, 6.45) is -5.56. The molecule has 2 heterocycles. The first-order valence-corrected chi connectivity index (χ1v) is 11.1. The van der Waals surface area contributed by atoms with Crippen molar-refractivity contribution in [3.8, 4) is 11.4 Å². The second-order valence-electron chi connectivity index (χ2n) is 8.50. The number of hydrogen-bond acceptors (Lipinski definition) is 7. The Morgan fingerprint density at radius 1 is 1.29 bits per heavy atom. The molecule has 1 fully saturated rings. The predicted molar refractivity (Wildman–Crippen MR) is 126 cm³/mol. The monoisotopic (exact) mass is 497 g/mol. The van der Waals surface area contributed by atoms with Gasteiger partial charge >= 0.3 is 12.3 Å². The maximum absolute atomic E-state index is 13.9. The lowest BCUT2D eigenvalue weighted by Gasteiger charge is -2.23. The van der Waals surface area contributed by atoms with E-state index in [0.29, 0.717) is 12.3 Å². The number of nitrogens with zero attached hydrogens (tertiary/aromatic N) is 4. The minimum atomic E-state index is -4.64. The first kappa shape index (κ1) is 26.3. The number of benzene rings is 1. The van der Waals surface area contributed by atoms with Crippen LogP contribution in [0.5, 0.6) is 0 Å². The van der Waals surface area contributed by atoms with Crippen LogP contribution in [0.25, 0.3) is 11.4 Å². The van der Waals surface area contributed by atoms with Crippen molar-refractivity contribution in [1.82, 2.24) is 14.5 Å². The second kappa shape index (κ2) is 10.1. The first-order chi connectivity index (χ1) is 16.4. The zero-order valence-electron chi connectivity index (χ0n) is 20.6. The van der Waals surface area contributed by atoms with E-state index in [1.54, 1.807) is 32.0 Å². The molecule has 3 rings (SSSR count). The average Bonchev–Trinajstić information content (AvgIpc) is 3.20. The van der Waals surface area contributed by atoms with Gasteiger partial charge in [-0.1, -0.05) is 0 Å². The van der Waals surface area contributed by atoms with E-state index in [2.05, 4.69) is 10.3 Å². The number of rotatable bonds is 6. The smallest absolute Gasteiger partial charge is 0.417 e. The second-order valence-corrected chi connectivity index (χ2v) is 8.50. The predicted octanol–water partition coefficient (Wildman–Crippen LogP) is 3.11. The molecule has 0 radical (unpaired) electrons. The SMILES string of the molecule is CCO[C@H]1CN(C(=O)OC)CC1Nc1c(C)nc(-c2ccc(N(C)C)cc2C(F)(F)F)n(C)c1=O. The van der Waals surface area contributed by atoms with E-state index in [0.717, 1.165) is 10.6 Å². The lowest BCUT2D eigenvalue weighted by Crippen LogP contribution is -2.38. The number of anilines is 2. The van der Waals surface area contributed by atoms with Crippen LogP contribution in [-0.2, 0) is 22.7 Å². The number of nitrogens with one attached hydrogen (secondary N) is 1. The van der Waals surface area contributed by atoms with Gasteiger partial charge in [0.05, 0.1) is 37.1 Å². The summed E-state index contributed by atoms with van der Waals surface area (Å²) in [4.78, 5) is 32.6. The molecular weight excluding hydrogens is 467 g/mol. The topological polar surface area (TPSA) is 88.9 Å². The summed E-state index contributed by atoms with van der Waals surface area (Å²) >= 11 is 0. The van der Waals surface area contributed by atoms with Gasteiger partial charge in [0.2, 0.25) is 0 Å². The van der Waals surface area contributed by atoms with Gasteiger partial charge in [-0.15, -0.1) is 0 Å². The maximum Gasteiger partial charge on any atom is 0.417 e. The summed E-state index contributed by atoms with van der Waals surface area (Å²) in [6, 6.07) is 3.47. The molecule has 1 aromatic heterocycles. The van der Waals surface area contributed by atoms with Crippen LogP contribution in [0.4, 0.5) is 29.3 Å². The number of aromatic nitrogens is 2.